The van der Waals surface area contributed by atoms with E-state index >= 15 is 0 Å². The first-order valence-corrected chi connectivity index (χ1v) is 11.8. The first-order valence-electron chi connectivity index (χ1n) is 11.8. The molecular formula is C25H26N6O3. The van der Waals surface area contributed by atoms with Gasteiger partial charge in [0.05, 0.1) is 12.1 Å². The molecule has 0 saturated carbocycles. The third kappa shape index (κ3) is 3.92. The van der Waals surface area contributed by atoms with Gasteiger partial charge in [0.1, 0.15) is 19.3 Å². The van der Waals surface area contributed by atoms with Crippen LogP contribution in [0, 0.1) is 0 Å². The highest BCUT2D eigenvalue weighted by Gasteiger charge is 2.31. The van der Waals surface area contributed by atoms with Gasteiger partial charge in [0.25, 0.3) is 5.56 Å². The Kier molecular flexibility index (Phi) is 5.46. The second-order valence-electron chi connectivity index (χ2n) is 8.82. The van der Waals surface area contributed by atoms with Crippen molar-refractivity contribution in [3.63, 3.8) is 0 Å². The molecule has 0 bridgehead atoms. The van der Waals surface area contributed by atoms with E-state index in [9.17, 15) is 4.79 Å². The number of aromatic amines is 1. The summed E-state index contributed by atoms with van der Waals surface area (Å²) >= 11 is 0. The van der Waals surface area contributed by atoms with Crippen LogP contribution in [0.4, 0.5) is 0 Å². The highest BCUT2D eigenvalue weighted by molar-refractivity contribution is 5.83. The molecule has 0 spiro atoms. The predicted molar refractivity (Wildman–Crippen MR) is 126 cm³/mol. The molecule has 1 fully saturated rings. The minimum Gasteiger partial charge on any atom is -0.486 e. The Hall–Kier alpha value is -3.72. The third-order valence-corrected chi connectivity index (χ3v) is 6.57. The number of H-pyrrole nitrogens is 1. The molecule has 9 nitrogen and oxygen atoms in total. The molecule has 2 aromatic carbocycles. The van der Waals surface area contributed by atoms with Gasteiger partial charge in [-0.2, -0.15) is 0 Å². The summed E-state index contributed by atoms with van der Waals surface area (Å²) in [6.07, 6.45) is 3.36. The number of hydrogen-bond acceptors (Lipinski definition) is 7. The summed E-state index contributed by atoms with van der Waals surface area (Å²) in [6.45, 7) is 3.34. The van der Waals surface area contributed by atoms with E-state index in [-0.39, 0.29) is 11.6 Å². The van der Waals surface area contributed by atoms with Crippen LogP contribution < -0.4 is 15.0 Å². The molecule has 2 aliphatic rings. The van der Waals surface area contributed by atoms with Crippen LogP contribution in [0.25, 0.3) is 10.9 Å². The molecule has 6 rings (SSSR count). The zero-order valence-electron chi connectivity index (χ0n) is 18.8. The Morgan fingerprint density at radius 2 is 1.74 bits per heavy atom. The minimum absolute atomic E-state index is 0.144. The molecule has 34 heavy (non-hydrogen) atoms. The van der Waals surface area contributed by atoms with Crippen LogP contribution in [0.2, 0.25) is 0 Å². The number of pyridine rings is 1. The number of hydrogen-bond donors (Lipinski definition) is 1. The fraction of sp³-hybridized carbons (Fsp3) is 0.360. The van der Waals surface area contributed by atoms with Crippen LogP contribution in [-0.2, 0) is 6.54 Å². The summed E-state index contributed by atoms with van der Waals surface area (Å²) in [4.78, 5) is 18.8. The number of nitrogens with zero attached hydrogens (tertiary/aromatic N) is 5. The highest BCUT2D eigenvalue weighted by Crippen LogP contribution is 2.35. The molecule has 4 heterocycles. The van der Waals surface area contributed by atoms with Crippen LogP contribution in [-0.4, -0.2) is 56.4 Å². The number of fused-ring (bicyclic) bond motifs is 2. The van der Waals surface area contributed by atoms with Gasteiger partial charge in [0.2, 0.25) is 0 Å². The number of likely N-dealkylation sites (tertiary alicyclic amines) is 1. The van der Waals surface area contributed by atoms with Gasteiger partial charge in [0.15, 0.2) is 17.3 Å². The van der Waals surface area contributed by atoms with Crippen LogP contribution in [0.15, 0.2) is 53.3 Å². The first kappa shape index (κ1) is 20.9. The van der Waals surface area contributed by atoms with Crippen molar-refractivity contribution in [2.45, 2.75) is 31.8 Å². The molecule has 174 valence electrons. The largest absolute Gasteiger partial charge is 0.486 e. The van der Waals surface area contributed by atoms with Gasteiger partial charge in [-0.3, -0.25) is 9.69 Å². The van der Waals surface area contributed by atoms with Gasteiger partial charge in [-0.1, -0.05) is 36.8 Å². The van der Waals surface area contributed by atoms with Crippen molar-refractivity contribution in [1.82, 2.24) is 30.1 Å². The van der Waals surface area contributed by atoms with Crippen molar-refractivity contribution in [2.24, 2.45) is 0 Å². The summed E-state index contributed by atoms with van der Waals surface area (Å²) < 4.78 is 13.3. The predicted octanol–water partition coefficient (Wildman–Crippen LogP) is 2.91. The third-order valence-electron chi connectivity index (χ3n) is 6.57. The van der Waals surface area contributed by atoms with E-state index in [0.717, 1.165) is 42.4 Å². The van der Waals surface area contributed by atoms with Crippen LogP contribution in [0.1, 0.15) is 42.3 Å². The van der Waals surface area contributed by atoms with Gasteiger partial charge in [-0.05, 0) is 54.1 Å². The smallest absolute Gasteiger partial charge is 0.253 e. The molecule has 1 saturated heterocycles. The number of aromatic nitrogens is 5. The number of tetrazole rings is 1. The van der Waals surface area contributed by atoms with Gasteiger partial charge in [-0.25, -0.2) is 4.68 Å². The van der Waals surface area contributed by atoms with Gasteiger partial charge < -0.3 is 14.5 Å². The molecule has 9 heteroatoms. The molecule has 1 atom stereocenters. The number of benzene rings is 2. The molecule has 2 aromatic heterocycles. The molecule has 1 N–H and O–H groups in total. The van der Waals surface area contributed by atoms with Crippen molar-refractivity contribution < 1.29 is 9.47 Å². The molecule has 0 radical (unpaired) electrons. The Morgan fingerprint density at radius 3 is 2.53 bits per heavy atom. The van der Waals surface area contributed by atoms with Crippen molar-refractivity contribution >= 4 is 10.9 Å². The normalized spacial score (nSPS) is 17.1. The van der Waals surface area contributed by atoms with Crippen molar-refractivity contribution in [3.05, 3.63) is 75.8 Å². The van der Waals surface area contributed by atoms with E-state index in [4.69, 9.17) is 9.47 Å². The standard InChI is InChI=1S/C25H26N6O3/c32-25-19(13-18-14-21-22(15-20(18)26-25)34-12-11-33-21)23(30-9-5-2-6-10-30)24-27-28-29-31(24)16-17-7-3-1-4-8-17/h1,3-4,7-8,13-15,23H,2,5-6,9-12,16H2,(H,26,32)/t23-/m0/s1. The maximum Gasteiger partial charge on any atom is 0.253 e. The molecule has 2 aliphatic heterocycles. The van der Waals surface area contributed by atoms with E-state index in [1.807, 2.05) is 41.1 Å². The average molecular weight is 459 g/mol. The van der Waals surface area contributed by atoms with Crippen molar-refractivity contribution in [2.75, 3.05) is 26.3 Å². The topological polar surface area (TPSA) is 98.2 Å². The highest BCUT2D eigenvalue weighted by atomic mass is 16.6. The van der Waals surface area contributed by atoms with Gasteiger partial charge >= 0.3 is 0 Å². The summed E-state index contributed by atoms with van der Waals surface area (Å²) in [5, 5.41) is 13.6. The second kappa shape index (κ2) is 8.90. The lowest BCUT2D eigenvalue weighted by molar-refractivity contribution is 0.172. The number of rotatable bonds is 5. The minimum atomic E-state index is -0.347. The lowest BCUT2D eigenvalue weighted by Gasteiger charge is -2.33. The second-order valence-corrected chi connectivity index (χ2v) is 8.82. The van der Waals surface area contributed by atoms with E-state index < -0.39 is 0 Å². The fourth-order valence-electron chi connectivity index (χ4n) is 4.91. The average Bonchev–Trinajstić information content (AvgIpc) is 3.32. The monoisotopic (exact) mass is 458 g/mol. The Labute approximate surface area is 196 Å². The van der Waals surface area contributed by atoms with Gasteiger partial charge in [0, 0.05) is 17.0 Å². The SMILES string of the molecule is O=c1[nH]c2cc3c(cc2cc1[C@@H](c1nnnn1Cc1ccccc1)N1CCCCC1)OCCO3. The molecular weight excluding hydrogens is 432 g/mol. The Balaban J connectivity index is 1.46. The summed E-state index contributed by atoms with van der Waals surface area (Å²) in [7, 11) is 0. The molecule has 4 aromatic rings. The van der Waals surface area contributed by atoms with Crippen molar-refractivity contribution in [1.29, 1.82) is 0 Å². The fourth-order valence-corrected chi connectivity index (χ4v) is 4.91. The quantitative estimate of drug-likeness (QED) is 0.491. The first-order chi connectivity index (χ1) is 16.8. The lowest BCUT2D eigenvalue weighted by atomic mass is 10.00. The summed E-state index contributed by atoms with van der Waals surface area (Å²) in [5.41, 5.74) is 2.31. The summed E-state index contributed by atoms with van der Waals surface area (Å²) in [5.74, 6) is 2.02. The van der Waals surface area contributed by atoms with E-state index in [1.54, 1.807) is 0 Å². The Bertz CT molecular complexity index is 1360. The Morgan fingerprint density at radius 1 is 0.971 bits per heavy atom. The molecule has 0 aliphatic carbocycles. The maximum atomic E-state index is 13.4. The maximum absolute atomic E-state index is 13.4. The molecule has 0 amide bonds. The van der Waals surface area contributed by atoms with E-state index in [1.165, 1.54) is 6.42 Å². The van der Waals surface area contributed by atoms with Crippen LogP contribution in [0.5, 0.6) is 11.5 Å². The summed E-state index contributed by atoms with van der Waals surface area (Å²) in [6, 6.07) is 15.5. The van der Waals surface area contributed by atoms with E-state index in [2.05, 4.69) is 37.5 Å². The van der Waals surface area contributed by atoms with Crippen LogP contribution in [0.3, 0.4) is 0 Å². The number of ether oxygens (including phenoxy) is 2. The number of nitrogens with one attached hydrogen (secondary N) is 1. The zero-order valence-corrected chi connectivity index (χ0v) is 18.8. The number of piperidine rings is 1. The van der Waals surface area contributed by atoms with Gasteiger partial charge in [-0.15, -0.1) is 5.10 Å². The van der Waals surface area contributed by atoms with Crippen molar-refractivity contribution in [3.8, 4) is 11.5 Å². The zero-order chi connectivity index (χ0) is 22.9. The van der Waals surface area contributed by atoms with E-state index in [0.29, 0.717) is 42.6 Å². The van der Waals surface area contributed by atoms with Crippen LogP contribution >= 0.6 is 0 Å². The lowest BCUT2D eigenvalue weighted by Crippen LogP contribution is -2.38. The molecule has 0 unspecified atom stereocenters.